The van der Waals surface area contributed by atoms with E-state index in [9.17, 15) is 0 Å². The van der Waals surface area contributed by atoms with Crippen LogP contribution in [0.15, 0.2) is 23.4 Å². The van der Waals surface area contributed by atoms with Gasteiger partial charge in [0.25, 0.3) is 0 Å². The number of aromatic nitrogens is 2. The van der Waals surface area contributed by atoms with Gasteiger partial charge in [-0.3, -0.25) is 0 Å². The van der Waals surface area contributed by atoms with Crippen LogP contribution in [0.1, 0.15) is 6.92 Å². The van der Waals surface area contributed by atoms with E-state index in [-0.39, 0.29) is 0 Å². The lowest BCUT2D eigenvalue weighted by Crippen LogP contribution is -2.02. The Labute approximate surface area is 142 Å². The smallest absolute Gasteiger partial charge is 0.225 e. The van der Waals surface area contributed by atoms with Crippen molar-refractivity contribution in [3.63, 3.8) is 0 Å². The Hall–Kier alpha value is -0.880. The molecule has 0 saturated heterocycles. The van der Waals surface area contributed by atoms with E-state index in [4.69, 9.17) is 39.5 Å². The van der Waals surface area contributed by atoms with Gasteiger partial charge in [-0.1, -0.05) is 46.6 Å². The second-order valence-corrected chi connectivity index (χ2v) is 5.90. The van der Waals surface area contributed by atoms with Crippen LogP contribution in [0.25, 0.3) is 0 Å². The molecule has 4 nitrogen and oxygen atoms in total. The summed E-state index contributed by atoms with van der Waals surface area (Å²) in [6.45, 7) is 2.73. The number of hydrogen-bond donors (Lipinski definition) is 1. The van der Waals surface area contributed by atoms with Crippen molar-refractivity contribution >= 4 is 52.4 Å². The molecule has 0 saturated carbocycles. The molecule has 0 atom stereocenters. The number of nitrogens with one attached hydrogen (secondary N) is 1. The maximum absolute atomic E-state index is 6.09. The fourth-order valence-electron chi connectivity index (χ4n) is 1.51. The van der Waals surface area contributed by atoms with Gasteiger partial charge in [-0.05, 0) is 19.2 Å². The predicted molar refractivity (Wildman–Crippen MR) is 89.5 cm³/mol. The quantitative estimate of drug-likeness (QED) is 0.438. The first-order chi connectivity index (χ1) is 10.0. The van der Waals surface area contributed by atoms with Crippen molar-refractivity contribution in [1.82, 2.24) is 9.97 Å². The molecular weight excluding hydrogens is 353 g/mol. The Bertz CT molecular complexity index is 655. The highest BCUT2D eigenvalue weighted by Gasteiger charge is 2.11. The molecule has 112 valence electrons. The number of thioether (sulfide) groups is 1. The van der Waals surface area contributed by atoms with Crippen LogP contribution in [-0.2, 0) is 0 Å². The lowest BCUT2D eigenvalue weighted by Gasteiger charge is -2.10. The number of benzene rings is 1. The molecule has 0 spiro atoms. The minimum Gasteiger partial charge on any atom is -0.437 e. The van der Waals surface area contributed by atoms with Gasteiger partial charge < -0.3 is 10.1 Å². The summed E-state index contributed by atoms with van der Waals surface area (Å²) in [7, 11) is 0. The first kappa shape index (κ1) is 16.5. The van der Waals surface area contributed by atoms with E-state index >= 15 is 0 Å². The number of hydrogen-bond acceptors (Lipinski definition) is 5. The second-order valence-electron chi connectivity index (χ2n) is 3.91. The molecule has 1 heterocycles. The molecule has 2 rings (SSSR count). The Morgan fingerprint density at radius 2 is 1.81 bits per heavy atom. The normalized spacial score (nSPS) is 10.5. The van der Waals surface area contributed by atoms with Gasteiger partial charge in [-0.2, -0.15) is 4.98 Å². The lowest BCUT2D eigenvalue weighted by molar-refractivity contribution is 0.456. The van der Waals surface area contributed by atoms with Gasteiger partial charge in [0, 0.05) is 18.7 Å². The molecule has 2 aromatic rings. The third-order valence-electron chi connectivity index (χ3n) is 2.41. The SMILES string of the molecule is CCNc1cc(Oc2cc(Cl)c(Cl)cc2Cl)nc(SC)n1. The van der Waals surface area contributed by atoms with Gasteiger partial charge >= 0.3 is 0 Å². The van der Waals surface area contributed by atoms with Crippen molar-refractivity contribution in [3.05, 3.63) is 33.3 Å². The van der Waals surface area contributed by atoms with Crippen molar-refractivity contribution in [3.8, 4) is 11.6 Å². The fourth-order valence-corrected chi connectivity index (χ4v) is 2.46. The Balaban J connectivity index is 2.34. The van der Waals surface area contributed by atoms with Crippen molar-refractivity contribution < 1.29 is 4.74 Å². The minimum atomic E-state index is 0.360. The van der Waals surface area contributed by atoms with Gasteiger partial charge in [0.1, 0.15) is 11.6 Å². The van der Waals surface area contributed by atoms with Crippen LogP contribution >= 0.6 is 46.6 Å². The average molecular weight is 365 g/mol. The van der Waals surface area contributed by atoms with Crippen molar-refractivity contribution in [2.75, 3.05) is 18.1 Å². The summed E-state index contributed by atoms with van der Waals surface area (Å²) in [6, 6.07) is 4.78. The summed E-state index contributed by atoms with van der Waals surface area (Å²) in [5.74, 6) is 1.45. The van der Waals surface area contributed by atoms with E-state index < -0.39 is 0 Å². The van der Waals surface area contributed by atoms with E-state index in [1.165, 1.54) is 17.8 Å². The molecule has 0 bridgehead atoms. The number of nitrogens with zero attached hydrogens (tertiary/aromatic N) is 2. The highest BCUT2D eigenvalue weighted by atomic mass is 35.5. The van der Waals surface area contributed by atoms with E-state index in [1.807, 2.05) is 13.2 Å². The molecular formula is C13H12Cl3N3OS. The Morgan fingerprint density at radius 1 is 1.10 bits per heavy atom. The molecule has 0 aliphatic rings. The van der Waals surface area contributed by atoms with Crippen LogP contribution in [0.3, 0.4) is 0 Å². The van der Waals surface area contributed by atoms with E-state index in [1.54, 1.807) is 12.1 Å². The van der Waals surface area contributed by atoms with Gasteiger partial charge in [0.15, 0.2) is 5.16 Å². The Morgan fingerprint density at radius 3 is 2.48 bits per heavy atom. The maximum atomic E-state index is 6.09. The second kappa shape index (κ2) is 7.40. The molecule has 1 aromatic heterocycles. The summed E-state index contributed by atoms with van der Waals surface area (Å²) in [5.41, 5.74) is 0. The van der Waals surface area contributed by atoms with E-state index in [0.29, 0.717) is 37.7 Å². The monoisotopic (exact) mass is 363 g/mol. The molecule has 1 N–H and O–H groups in total. The van der Waals surface area contributed by atoms with Crippen LogP contribution in [-0.4, -0.2) is 22.8 Å². The van der Waals surface area contributed by atoms with Crippen LogP contribution < -0.4 is 10.1 Å². The maximum Gasteiger partial charge on any atom is 0.225 e. The molecule has 1 aromatic carbocycles. The van der Waals surface area contributed by atoms with Crippen molar-refractivity contribution in [2.24, 2.45) is 0 Å². The highest BCUT2D eigenvalue weighted by molar-refractivity contribution is 7.98. The van der Waals surface area contributed by atoms with Crippen molar-refractivity contribution in [2.45, 2.75) is 12.1 Å². The predicted octanol–water partition coefficient (Wildman–Crippen LogP) is 5.38. The lowest BCUT2D eigenvalue weighted by atomic mass is 10.3. The molecule has 0 amide bonds. The summed E-state index contributed by atoms with van der Waals surface area (Å²) >= 11 is 19.4. The third-order valence-corrected chi connectivity index (χ3v) is 3.98. The van der Waals surface area contributed by atoms with E-state index in [2.05, 4.69) is 15.3 Å². The van der Waals surface area contributed by atoms with Crippen molar-refractivity contribution in [1.29, 1.82) is 0 Å². The Kier molecular flexibility index (Phi) is 5.81. The zero-order valence-corrected chi connectivity index (χ0v) is 14.4. The summed E-state index contributed by atoms with van der Waals surface area (Å²) in [4.78, 5) is 8.60. The minimum absolute atomic E-state index is 0.360. The van der Waals surface area contributed by atoms with Crippen LogP contribution in [0.2, 0.25) is 15.1 Å². The van der Waals surface area contributed by atoms with Crippen LogP contribution in [0.5, 0.6) is 11.6 Å². The molecule has 21 heavy (non-hydrogen) atoms. The topological polar surface area (TPSA) is 47.0 Å². The molecule has 0 aliphatic carbocycles. The van der Waals surface area contributed by atoms with Gasteiger partial charge in [-0.15, -0.1) is 0 Å². The number of halogens is 3. The summed E-state index contributed by atoms with van der Waals surface area (Å²) in [6.07, 6.45) is 1.89. The van der Waals surface area contributed by atoms with Crippen LogP contribution in [0.4, 0.5) is 5.82 Å². The zero-order chi connectivity index (χ0) is 15.4. The number of anilines is 1. The largest absolute Gasteiger partial charge is 0.437 e. The number of ether oxygens (including phenoxy) is 1. The molecule has 0 aliphatic heterocycles. The molecule has 0 unspecified atom stereocenters. The van der Waals surface area contributed by atoms with Gasteiger partial charge in [0.05, 0.1) is 15.1 Å². The first-order valence-corrected chi connectivity index (χ1v) is 8.38. The zero-order valence-electron chi connectivity index (χ0n) is 11.3. The summed E-state index contributed by atoms with van der Waals surface area (Å²) < 4.78 is 5.69. The number of rotatable bonds is 5. The van der Waals surface area contributed by atoms with Crippen LogP contribution in [0, 0.1) is 0 Å². The summed E-state index contributed by atoms with van der Waals surface area (Å²) in [5, 5.41) is 4.81. The molecule has 0 radical (unpaired) electrons. The third kappa shape index (κ3) is 4.30. The van der Waals surface area contributed by atoms with Gasteiger partial charge in [-0.25, -0.2) is 4.98 Å². The standard InChI is InChI=1S/C13H12Cl3N3OS/c1-3-17-11-6-12(19-13(18-11)21-2)20-10-5-8(15)7(14)4-9(10)16/h4-6H,3H2,1-2H3,(H,17,18,19). The highest BCUT2D eigenvalue weighted by Crippen LogP contribution is 2.36. The molecule has 8 heteroatoms. The average Bonchev–Trinajstić information content (AvgIpc) is 2.45. The fraction of sp³-hybridized carbons (Fsp3) is 0.231. The first-order valence-electron chi connectivity index (χ1n) is 6.02. The molecule has 0 fully saturated rings. The van der Waals surface area contributed by atoms with Gasteiger partial charge in [0.2, 0.25) is 5.88 Å². The van der Waals surface area contributed by atoms with E-state index in [0.717, 1.165) is 6.54 Å².